The molecule has 7 heteroatoms. The minimum absolute atomic E-state index is 0.357. The quantitative estimate of drug-likeness (QED) is 0.909. The normalized spacial score (nSPS) is 10.1. The second kappa shape index (κ2) is 5.09. The van der Waals surface area contributed by atoms with E-state index in [0.29, 0.717) is 16.8 Å². The molecule has 2 heterocycles. The maximum Gasteiger partial charge on any atom is 0.296 e. The second-order valence-corrected chi connectivity index (χ2v) is 4.26. The number of anilines is 1. The Morgan fingerprint density at radius 1 is 1.44 bits per heavy atom. The van der Waals surface area contributed by atoms with Gasteiger partial charge < -0.3 is 10.1 Å². The zero-order chi connectivity index (χ0) is 11.4. The first-order chi connectivity index (χ1) is 7.78. The van der Waals surface area contributed by atoms with Gasteiger partial charge in [0.15, 0.2) is 0 Å². The van der Waals surface area contributed by atoms with E-state index in [4.69, 9.17) is 16.3 Å². The minimum atomic E-state index is 0.357. The maximum absolute atomic E-state index is 5.72. The number of halogens is 1. The third-order valence-electron chi connectivity index (χ3n) is 1.75. The van der Waals surface area contributed by atoms with E-state index >= 15 is 0 Å². The molecule has 0 bridgehead atoms. The van der Waals surface area contributed by atoms with Gasteiger partial charge in [-0.1, -0.05) is 16.7 Å². The first-order valence-corrected chi connectivity index (χ1v) is 5.72. The van der Waals surface area contributed by atoms with E-state index < -0.39 is 0 Å². The Bertz CT molecular complexity index is 459. The molecule has 0 saturated heterocycles. The van der Waals surface area contributed by atoms with Crippen molar-refractivity contribution in [1.82, 2.24) is 15.2 Å². The summed E-state index contributed by atoms with van der Waals surface area (Å²) >= 11 is 7.06. The number of rotatable bonds is 4. The van der Waals surface area contributed by atoms with E-state index in [1.54, 1.807) is 19.3 Å². The van der Waals surface area contributed by atoms with Gasteiger partial charge in [-0.2, -0.15) is 0 Å². The van der Waals surface area contributed by atoms with Gasteiger partial charge in [-0.3, -0.25) is 4.98 Å². The zero-order valence-corrected chi connectivity index (χ0v) is 10.0. The van der Waals surface area contributed by atoms with Gasteiger partial charge in [0.05, 0.1) is 10.7 Å². The fraction of sp³-hybridized carbons (Fsp3) is 0.222. The molecular weight excluding hydrogens is 248 g/mol. The van der Waals surface area contributed by atoms with Gasteiger partial charge >= 0.3 is 0 Å². The molecule has 0 amide bonds. The van der Waals surface area contributed by atoms with Gasteiger partial charge in [0, 0.05) is 13.2 Å². The molecule has 2 aromatic rings. The Morgan fingerprint density at radius 2 is 2.31 bits per heavy atom. The largest absolute Gasteiger partial charge is 0.462 e. The molecule has 0 aliphatic carbocycles. The van der Waals surface area contributed by atoms with Crippen LogP contribution in [-0.2, 0) is 6.61 Å². The lowest BCUT2D eigenvalue weighted by molar-refractivity contribution is 0.297. The molecule has 1 N–H and O–H groups in total. The number of ether oxygens (including phenoxy) is 1. The predicted octanol–water partition coefficient (Wildman–Crippen LogP) is 2.21. The molecular formula is C9H9ClN4OS. The van der Waals surface area contributed by atoms with Crippen LogP contribution in [-0.4, -0.2) is 22.2 Å². The maximum atomic E-state index is 5.72. The summed E-state index contributed by atoms with van der Waals surface area (Å²) in [5.41, 5.74) is 0.797. The smallest absolute Gasteiger partial charge is 0.296 e. The summed E-state index contributed by atoms with van der Waals surface area (Å²) in [6.07, 6.45) is 1.58. The SMILES string of the molecule is CNc1nnc(OCc2ccc(Cl)cn2)s1. The molecule has 0 spiro atoms. The van der Waals surface area contributed by atoms with Gasteiger partial charge in [-0.05, 0) is 23.5 Å². The van der Waals surface area contributed by atoms with E-state index in [9.17, 15) is 0 Å². The fourth-order valence-corrected chi connectivity index (χ4v) is 1.66. The van der Waals surface area contributed by atoms with Gasteiger partial charge in [-0.15, -0.1) is 5.10 Å². The van der Waals surface area contributed by atoms with Crippen LogP contribution < -0.4 is 10.1 Å². The van der Waals surface area contributed by atoms with Crippen molar-refractivity contribution in [3.8, 4) is 5.19 Å². The Kier molecular flexibility index (Phi) is 3.53. The van der Waals surface area contributed by atoms with Crippen LogP contribution in [0.25, 0.3) is 0 Å². The monoisotopic (exact) mass is 256 g/mol. The molecule has 0 aliphatic rings. The van der Waals surface area contributed by atoms with Crippen molar-refractivity contribution in [3.63, 3.8) is 0 Å². The highest BCUT2D eigenvalue weighted by Gasteiger charge is 2.03. The lowest BCUT2D eigenvalue weighted by Gasteiger charge is -2.00. The highest BCUT2D eigenvalue weighted by atomic mass is 35.5. The third-order valence-corrected chi connectivity index (χ3v) is 2.83. The van der Waals surface area contributed by atoms with Crippen molar-refractivity contribution in [3.05, 3.63) is 29.0 Å². The molecule has 84 valence electrons. The highest BCUT2D eigenvalue weighted by Crippen LogP contribution is 2.22. The van der Waals surface area contributed by atoms with Crippen LogP contribution in [0.2, 0.25) is 5.02 Å². The molecule has 16 heavy (non-hydrogen) atoms. The zero-order valence-electron chi connectivity index (χ0n) is 8.48. The number of nitrogens with one attached hydrogen (secondary N) is 1. The second-order valence-electron chi connectivity index (χ2n) is 2.88. The first-order valence-electron chi connectivity index (χ1n) is 4.52. The summed E-state index contributed by atoms with van der Waals surface area (Å²) in [7, 11) is 1.78. The van der Waals surface area contributed by atoms with E-state index in [1.165, 1.54) is 11.3 Å². The molecule has 0 atom stereocenters. The van der Waals surface area contributed by atoms with Gasteiger partial charge in [0.25, 0.3) is 5.19 Å². The summed E-state index contributed by atoms with van der Waals surface area (Å²) in [5.74, 6) is 0. The Hall–Kier alpha value is -1.40. The van der Waals surface area contributed by atoms with Crippen molar-refractivity contribution in [2.75, 3.05) is 12.4 Å². The standard InChI is InChI=1S/C9H9ClN4OS/c1-11-8-13-14-9(16-8)15-5-7-3-2-6(10)4-12-7/h2-4H,5H2,1H3,(H,11,13). The lowest BCUT2D eigenvalue weighted by Crippen LogP contribution is -1.97. The van der Waals surface area contributed by atoms with Crippen LogP contribution in [0.1, 0.15) is 5.69 Å². The van der Waals surface area contributed by atoms with Crippen molar-refractivity contribution in [2.24, 2.45) is 0 Å². The van der Waals surface area contributed by atoms with Crippen molar-refractivity contribution >= 4 is 28.1 Å². The number of aromatic nitrogens is 3. The summed E-state index contributed by atoms with van der Waals surface area (Å²) in [6, 6.07) is 3.58. The molecule has 2 aromatic heterocycles. The van der Waals surface area contributed by atoms with E-state index in [-0.39, 0.29) is 0 Å². The van der Waals surface area contributed by atoms with Crippen LogP contribution in [0, 0.1) is 0 Å². The van der Waals surface area contributed by atoms with E-state index in [2.05, 4.69) is 20.5 Å². The van der Waals surface area contributed by atoms with Crippen LogP contribution in [0.3, 0.4) is 0 Å². The average molecular weight is 257 g/mol. The number of hydrogen-bond acceptors (Lipinski definition) is 6. The lowest BCUT2D eigenvalue weighted by atomic mass is 10.4. The molecule has 0 fully saturated rings. The first kappa shape index (κ1) is 11.1. The third kappa shape index (κ3) is 2.80. The summed E-state index contributed by atoms with van der Waals surface area (Å²) < 4.78 is 5.41. The molecule has 0 aromatic carbocycles. The predicted molar refractivity (Wildman–Crippen MR) is 63.0 cm³/mol. The number of pyridine rings is 1. The molecule has 5 nitrogen and oxygen atoms in total. The van der Waals surface area contributed by atoms with Crippen LogP contribution in [0.4, 0.5) is 5.13 Å². The van der Waals surface area contributed by atoms with Crippen molar-refractivity contribution < 1.29 is 4.74 Å². The minimum Gasteiger partial charge on any atom is -0.462 e. The molecule has 2 rings (SSSR count). The number of hydrogen-bond donors (Lipinski definition) is 1. The Labute approximate surface area is 101 Å². The van der Waals surface area contributed by atoms with E-state index in [1.807, 2.05) is 6.07 Å². The average Bonchev–Trinajstić information content (AvgIpc) is 2.76. The molecule has 0 aliphatic heterocycles. The van der Waals surface area contributed by atoms with Gasteiger partial charge in [-0.25, -0.2) is 0 Å². The van der Waals surface area contributed by atoms with Gasteiger partial charge in [0.2, 0.25) is 5.13 Å². The summed E-state index contributed by atoms with van der Waals surface area (Å²) in [5, 5.41) is 12.4. The molecule has 0 saturated carbocycles. The van der Waals surface area contributed by atoms with Gasteiger partial charge in [0.1, 0.15) is 6.61 Å². The van der Waals surface area contributed by atoms with Crippen molar-refractivity contribution in [1.29, 1.82) is 0 Å². The van der Waals surface area contributed by atoms with Crippen molar-refractivity contribution in [2.45, 2.75) is 6.61 Å². The fourth-order valence-electron chi connectivity index (χ4n) is 0.997. The Balaban J connectivity index is 1.94. The Morgan fingerprint density at radius 3 is 2.94 bits per heavy atom. The number of nitrogens with zero attached hydrogens (tertiary/aromatic N) is 3. The van der Waals surface area contributed by atoms with Crippen LogP contribution >= 0.6 is 22.9 Å². The summed E-state index contributed by atoms with van der Waals surface area (Å²) in [4.78, 5) is 4.10. The molecule has 0 unspecified atom stereocenters. The topological polar surface area (TPSA) is 59.9 Å². The van der Waals surface area contributed by atoms with Crippen LogP contribution in [0.5, 0.6) is 5.19 Å². The highest BCUT2D eigenvalue weighted by molar-refractivity contribution is 7.16. The van der Waals surface area contributed by atoms with E-state index in [0.717, 1.165) is 10.8 Å². The van der Waals surface area contributed by atoms with Crippen LogP contribution in [0.15, 0.2) is 18.3 Å². The molecule has 0 radical (unpaired) electrons. The summed E-state index contributed by atoms with van der Waals surface area (Å²) in [6.45, 7) is 0.357.